The van der Waals surface area contributed by atoms with Crippen LogP contribution in [0.25, 0.3) is 0 Å². The lowest BCUT2D eigenvalue weighted by Crippen LogP contribution is -2.66. The van der Waals surface area contributed by atoms with Crippen molar-refractivity contribution >= 4 is 52.8 Å². The average Bonchev–Trinajstić information content (AvgIpc) is 2.72. The molecule has 0 saturated carbocycles. The van der Waals surface area contributed by atoms with Gasteiger partial charge in [-0.3, -0.25) is 5.41 Å². The lowest BCUT2D eigenvalue weighted by Gasteiger charge is -2.49. The Kier molecular flexibility index (Phi) is 9.43. The molecule has 0 aromatic rings. The Labute approximate surface area is 206 Å². The van der Waals surface area contributed by atoms with Crippen LogP contribution >= 0.6 is 34.8 Å². The summed E-state index contributed by atoms with van der Waals surface area (Å²) in [7, 11) is 0. The van der Waals surface area contributed by atoms with Gasteiger partial charge in [0.05, 0.1) is 6.61 Å². The molecular formula is C20H26Cl3NO9. The number of alkyl halides is 3. The van der Waals surface area contributed by atoms with Crippen LogP contribution in [-0.2, 0) is 38.0 Å². The minimum atomic E-state index is -2.23. The third-order valence-corrected chi connectivity index (χ3v) is 5.16. The van der Waals surface area contributed by atoms with E-state index in [4.69, 9.17) is 73.4 Å². The highest BCUT2D eigenvalue weighted by molar-refractivity contribution is 6.76. The minimum Gasteiger partial charge on any atom is -0.452 e. The zero-order valence-corrected chi connectivity index (χ0v) is 20.7. The van der Waals surface area contributed by atoms with Crippen molar-refractivity contribution in [2.45, 2.75) is 68.0 Å². The van der Waals surface area contributed by atoms with Crippen molar-refractivity contribution in [3.8, 4) is 0 Å². The molecule has 0 amide bonds. The van der Waals surface area contributed by atoms with Gasteiger partial charge >= 0.3 is 12.1 Å². The van der Waals surface area contributed by atoms with Crippen LogP contribution in [0.4, 0.5) is 4.79 Å². The first kappa shape index (κ1) is 27.7. The molecule has 2 aliphatic rings. The number of fused-ring (bicyclic) bond motifs is 1. The fourth-order valence-corrected chi connectivity index (χ4v) is 3.08. The fourth-order valence-electron chi connectivity index (χ4n) is 2.94. The Morgan fingerprint density at radius 2 is 1.88 bits per heavy atom. The van der Waals surface area contributed by atoms with E-state index in [9.17, 15) is 9.59 Å². The molecule has 13 heteroatoms. The predicted octanol–water partition coefficient (Wildman–Crippen LogP) is 3.81. The summed E-state index contributed by atoms with van der Waals surface area (Å²) in [6.07, 6.45) is -4.25. The summed E-state index contributed by atoms with van der Waals surface area (Å²) in [5.74, 6) is -2.56. The quantitative estimate of drug-likeness (QED) is 0.136. The number of allylic oxidation sites excluding steroid dienone is 1. The Hall–Kier alpha value is -1.56. The standard InChI is InChI=1S/C20H26Cl3NO9/c1-6-8-27-18(26)31-14-13(30-15(25)10(3)7-2)12-11(9-28-19(4,5)33-12)29-16(14)32-17(24)20(21,22)23/h6-7,11-14,16,24H,1,8-9H2,2-5H3/b10-7+,24-17?/t11-,12-,13+,14-,16-/m1/s1. The van der Waals surface area contributed by atoms with Gasteiger partial charge < -0.3 is 33.2 Å². The number of halogens is 3. The van der Waals surface area contributed by atoms with E-state index in [0.29, 0.717) is 5.57 Å². The van der Waals surface area contributed by atoms with Crippen molar-refractivity contribution in [2.75, 3.05) is 13.2 Å². The molecule has 0 unspecified atom stereocenters. The highest BCUT2D eigenvalue weighted by atomic mass is 35.6. The van der Waals surface area contributed by atoms with Gasteiger partial charge in [0, 0.05) is 5.57 Å². The number of nitrogens with one attached hydrogen (secondary N) is 1. The Morgan fingerprint density at radius 1 is 1.21 bits per heavy atom. The molecule has 2 rings (SSSR count). The Bertz CT molecular complexity index is 796. The van der Waals surface area contributed by atoms with E-state index >= 15 is 0 Å². The first-order chi connectivity index (χ1) is 15.3. The number of esters is 1. The Morgan fingerprint density at radius 3 is 2.45 bits per heavy atom. The van der Waals surface area contributed by atoms with Crippen LogP contribution in [0.3, 0.4) is 0 Å². The topological polar surface area (TPSA) is 123 Å². The van der Waals surface area contributed by atoms with E-state index < -0.39 is 58.3 Å². The number of hydrogen-bond acceptors (Lipinski definition) is 10. The van der Waals surface area contributed by atoms with Gasteiger partial charge in [0.1, 0.15) is 18.8 Å². The lowest BCUT2D eigenvalue weighted by atomic mass is 9.96. The molecule has 10 nitrogen and oxygen atoms in total. The molecule has 2 heterocycles. The van der Waals surface area contributed by atoms with E-state index in [1.54, 1.807) is 33.8 Å². The van der Waals surface area contributed by atoms with Crippen LogP contribution in [0.15, 0.2) is 24.3 Å². The maximum Gasteiger partial charge on any atom is 0.509 e. The smallest absolute Gasteiger partial charge is 0.452 e. The van der Waals surface area contributed by atoms with Crippen molar-refractivity contribution in [1.29, 1.82) is 5.41 Å². The average molecular weight is 531 g/mol. The van der Waals surface area contributed by atoms with E-state index in [2.05, 4.69) is 6.58 Å². The van der Waals surface area contributed by atoms with E-state index in [0.717, 1.165) is 0 Å². The summed E-state index contributed by atoms with van der Waals surface area (Å²) in [4.78, 5) is 24.9. The molecule has 1 N–H and O–H groups in total. The van der Waals surface area contributed by atoms with E-state index in [1.165, 1.54) is 6.08 Å². The summed E-state index contributed by atoms with van der Waals surface area (Å²) in [5.41, 5.74) is 0.295. The maximum atomic E-state index is 12.6. The summed E-state index contributed by atoms with van der Waals surface area (Å²) in [6, 6.07) is 0. The van der Waals surface area contributed by atoms with Gasteiger partial charge in [-0.15, -0.1) is 0 Å². The van der Waals surface area contributed by atoms with Crippen LogP contribution in [-0.4, -0.2) is 71.5 Å². The molecule has 2 saturated heterocycles. The lowest BCUT2D eigenvalue weighted by molar-refractivity contribution is -0.375. The maximum absolute atomic E-state index is 12.6. The zero-order chi connectivity index (χ0) is 25.0. The highest BCUT2D eigenvalue weighted by Gasteiger charge is 2.56. The fraction of sp³-hybridized carbons (Fsp3) is 0.650. The summed E-state index contributed by atoms with van der Waals surface area (Å²) in [5, 5.41) is 7.90. The van der Waals surface area contributed by atoms with Crippen LogP contribution in [0.5, 0.6) is 0 Å². The summed E-state index contributed by atoms with van der Waals surface area (Å²) < 4.78 is 36.4. The number of hydrogen-bond donors (Lipinski definition) is 1. The van der Waals surface area contributed by atoms with Crippen LogP contribution in [0, 0.1) is 5.41 Å². The van der Waals surface area contributed by atoms with E-state index in [1.807, 2.05) is 0 Å². The van der Waals surface area contributed by atoms with Gasteiger partial charge in [0.2, 0.25) is 18.3 Å². The van der Waals surface area contributed by atoms with Gasteiger partial charge in [-0.1, -0.05) is 53.5 Å². The molecule has 33 heavy (non-hydrogen) atoms. The SMILES string of the molecule is C=CCOC(=O)O[C@H]1[C@@H](OC(=N)C(Cl)(Cl)Cl)O[C@@H]2COC(C)(C)O[C@H]2[C@@H]1OC(=O)/C(C)=C/C. The second-order valence-electron chi connectivity index (χ2n) is 7.55. The number of carbonyl (C=O) groups excluding carboxylic acids is 2. The number of carbonyl (C=O) groups is 2. The summed E-state index contributed by atoms with van der Waals surface area (Å²) >= 11 is 17.2. The molecule has 186 valence electrons. The van der Waals surface area contributed by atoms with E-state index in [-0.39, 0.29) is 13.2 Å². The van der Waals surface area contributed by atoms with Gasteiger partial charge in [-0.2, -0.15) is 0 Å². The first-order valence-electron chi connectivity index (χ1n) is 9.87. The molecule has 0 radical (unpaired) electrons. The largest absolute Gasteiger partial charge is 0.509 e. The third kappa shape index (κ3) is 7.46. The molecule has 2 fully saturated rings. The molecule has 2 aliphatic heterocycles. The minimum absolute atomic E-state index is 0.0168. The molecule has 0 spiro atoms. The van der Waals surface area contributed by atoms with Crippen molar-refractivity contribution in [3.05, 3.63) is 24.3 Å². The summed E-state index contributed by atoms with van der Waals surface area (Å²) in [6.45, 7) is 9.85. The number of ether oxygens (including phenoxy) is 7. The number of rotatable bonds is 6. The zero-order valence-electron chi connectivity index (χ0n) is 18.5. The third-order valence-electron chi connectivity index (χ3n) is 4.65. The highest BCUT2D eigenvalue weighted by Crippen LogP contribution is 2.37. The second-order valence-corrected chi connectivity index (χ2v) is 9.84. The van der Waals surface area contributed by atoms with Crippen molar-refractivity contribution in [1.82, 2.24) is 0 Å². The molecule has 0 aromatic carbocycles. The van der Waals surface area contributed by atoms with Crippen LogP contribution in [0.2, 0.25) is 0 Å². The van der Waals surface area contributed by atoms with Crippen LogP contribution in [0.1, 0.15) is 27.7 Å². The Balaban J connectivity index is 2.43. The molecule has 0 aliphatic carbocycles. The van der Waals surface area contributed by atoms with Gasteiger partial charge in [-0.05, 0) is 27.7 Å². The van der Waals surface area contributed by atoms with Gasteiger partial charge in [-0.25, -0.2) is 9.59 Å². The molecule has 5 atom stereocenters. The monoisotopic (exact) mass is 529 g/mol. The van der Waals surface area contributed by atoms with Crippen LogP contribution < -0.4 is 0 Å². The van der Waals surface area contributed by atoms with Gasteiger partial charge in [0.15, 0.2) is 11.9 Å². The normalized spacial score (nSPS) is 29.3. The second kappa shape index (κ2) is 11.2. The molecular weight excluding hydrogens is 505 g/mol. The predicted molar refractivity (Wildman–Crippen MR) is 118 cm³/mol. The first-order valence-corrected chi connectivity index (χ1v) is 11.0. The van der Waals surface area contributed by atoms with Gasteiger partial charge in [0.25, 0.3) is 3.79 Å². The molecule has 0 aromatic heterocycles. The van der Waals surface area contributed by atoms with Crippen molar-refractivity contribution in [2.24, 2.45) is 0 Å². The van der Waals surface area contributed by atoms with Crippen molar-refractivity contribution in [3.63, 3.8) is 0 Å². The molecule has 0 bridgehead atoms. The van der Waals surface area contributed by atoms with Crippen molar-refractivity contribution < 1.29 is 42.7 Å².